The van der Waals surface area contributed by atoms with Crippen molar-refractivity contribution in [1.29, 1.82) is 0 Å². The minimum atomic E-state index is 0.359. The first-order valence-corrected chi connectivity index (χ1v) is 5.72. The molecule has 0 saturated carbocycles. The second-order valence-corrected chi connectivity index (χ2v) is 4.62. The summed E-state index contributed by atoms with van der Waals surface area (Å²) in [7, 11) is 0. The van der Waals surface area contributed by atoms with Crippen LogP contribution in [-0.4, -0.2) is 6.04 Å². The third-order valence-electron chi connectivity index (χ3n) is 3.79. The molecule has 2 N–H and O–H groups in total. The number of nitrogens with two attached hydrogens (primary N) is 1. The molecule has 3 aliphatic rings. The topological polar surface area (TPSA) is 26.0 Å². The molecule has 1 heteroatoms. The van der Waals surface area contributed by atoms with E-state index in [1.807, 2.05) is 0 Å². The van der Waals surface area contributed by atoms with E-state index in [9.17, 15) is 0 Å². The molecule has 0 amide bonds. The van der Waals surface area contributed by atoms with Gasteiger partial charge in [-0.1, -0.05) is 12.2 Å². The van der Waals surface area contributed by atoms with Gasteiger partial charge in [-0.15, -0.1) is 0 Å². The van der Waals surface area contributed by atoms with Gasteiger partial charge in [0.2, 0.25) is 0 Å². The van der Waals surface area contributed by atoms with Crippen LogP contribution < -0.4 is 5.73 Å². The Bertz CT molecular complexity index is 357. The van der Waals surface area contributed by atoms with Crippen molar-refractivity contribution in [3.05, 3.63) is 34.4 Å². The van der Waals surface area contributed by atoms with Crippen molar-refractivity contribution >= 4 is 0 Å². The fourth-order valence-electron chi connectivity index (χ4n) is 3.07. The first-order chi connectivity index (χ1) is 6.86. The SMILES string of the molecule is NC1CCCC2=C1CC1=C2CCC=C1. The van der Waals surface area contributed by atoms with Crippen molar-refractivity contribution in [3.8, 4) is 0 Å². The molecule has 1 unspecified atom stereocenters. The van der Waals surface area contributed by atoms with E-state index in [2.05, 4.69) is 12.2 Å². The van der Waals surface area contributed by atoms with Crippen molar-refractivity contribution < 1.29 is 0 Å². The summed E-state index contributed by atoms with van der Waals surface area (Å²) in [4.78, 5) is 0. The number of allylic oxidation sites excluding steroid dienone is 5. The third kappa shape index (κ3) is 1.12. The van der Waals surface area contributed by atoms with Gasteiger partial charge in [0.15, 0.2) is 0 Å². The van der Waals surface area contributed by atoms with Gasteiger partial charge in [-0.3, -0.25) is 0 Å². The summed E-state index contributed by atoms with van der Waals surface area (Å²) in [6.07, 6.45) is 12.1. The van der Waals surface area contributed by atoms with Crippen LogP contribution in [0.3, 0.4) is 0 Å². The van der Waals surface area contributed by atoms with E-state index in [1.54, 1.807) is 22.3 Å². The normalized spacial score (nSPS) is 30.8. The van der Waals surface area contributed by atoms with Crippen LogP contribution in [0.5, 0.6) is 0 Å². The van der Waals surface area contributed by atoms with Crippen molar-refractivity contribution in [2.24, 2.45) is 5.73 Å². The Balaban J connectivity index is 2.01. The van der Waals surface area contributed by atoms with E-state index < -0.39 is 0 Å². The number of rotatable bonds is 0. The van der Waals surface area contributed by atoms with E-state index >= 15 is 0 Å². The second-order valence-electron chi connectivity index (χ2n) is 4.62. The predicted octanol–water partition coefficient (Wildman–Crippen LogP) is 2.84. The smallest absolute Gasteiger partial charge is 0.0262 e. The summed E-state index contributed by atoms with van der Waals surface area (Å²) in [5.74, 6) is 0. The van der Waals surface area contributed by atoms with E-state index in [-0.39, 0.29) is 0 Å². The molecule has 1 atom stereocenters. The molecule has 0 aromatic rings. The third-order valence-corrected chi connectivity index (χ3v) is 3.79. The van der Waals surface area contributed by atoms with Crippen LogP contribution in [0.2, 0.25) is 0 Å². The monoisotopic (exact) mass is 187 g/mol. The van der Waals surface area contributed by atoms with Crippen molar-refractivity contribution in [2.45, 2.75) is 44.6 Å². The molecule has 0 heterocycles. The van der Waals surface area contributed by atoms with E-state index in [0.29, 0.717) is 6.04 Å². The molecule has 0 radical (unpaired) electrons. The Morgan fingerprint density at radius 3 is 3.07 bits per heavy atom. The molecule has 74 valence electrons. The Morgan fingerprint density at radius 2 is 2.14 bits per heavy atom. The lowest BCUT2D eigenvalue weighted by atomic mass is 9.86. The fourth-order valence-corrected chi connectivity index (χ4v) is 3.07. The highest BCUT2D eigenvalue weighted by Crippen LogP contribution is 2.44. The lowest BCUT2D eigenvalue weighted by molar-refractivity contribution is 0.594. The standard InChI is InChI=1S/C13H17N/c14-13-7-3-6-11-10-5-2-1-4-9(10)8-12(11)13/h1,4,13H,2-3,5-8,14H2. The summed E-state index contributed by atoms with van der Waals surface area (Å²) in [5.41, 5.74) is 12.6. The van der Waals surface area contributed by atoms with Gasteiger partial charge < -0.3 is 5.73 Å². The maximum absolute atomic E-state index is 6.17. The lowest BCUT2D eigenvalue weighted by Gasteiger charge is -2.22. The summed E-state index contributed by atoms with van der Waals surface area (Å²) in [6, 6.07) is 0.359. The molecule has 0 aromatic carbocycles. The summed E-state index contributed by atoms with van der Waals surface area (Å²) in [5, 5.41) is 0. The van der Waals surface area contributed by atoms with Crippen molar-refractivity contribution in [1.82, 2.24) is 0 Å². The van der Waals surface area contributed by atoms with E-state index in [4.69, 9.17) is 5.73 Å². The highest BCUT2D eigenvalue weighted by molar-refractivity contribution is 5.54. The Labute approximate surface area is 85.4 Å². The quantitative estimate of drug-likeness (QED) is 0.620. The molecule has 0 aliphatic heterocycles. The fraction of sp³-hybridized carbons (Fsp3) is 0.538. The van der Waals surface area contributed by atoms with Gasteiger partial charge in [-0.05, 0) is 60.8 Å². The van der Waals surface area contributed by atoms with Crippen LogP contribution in [0.15, 0.2) is 34.4 Å². The average molecular weight is 187 g/mol. The second kappa shape index (κ2) is 3.09. The highest BCUT2D eigenvalue weighted by Gasteiger charge is 2.29. The maximum Gasteiger partial charge on any atom is 0.0262 e. The Morgan fingerprint density at radius 1 is 1.21 bits per heavy atom. The van der Waals surface area contributed by atoms with E-state index in [0.717, 1.165) is 6.42 Å². The molecule has 0 fully saturated rings. The van der Waals surface area contributed by atoms with Crippen LogP contribution in [0.25, 0.3) is 0 Å². The first kappa shape index (κ1) is 8.49. The summed E-state index contributed by atoms with van der Waals surface area (Å²) in [6.45, 7) is 0. The van der Waals surface area contributed by atoms with Crippen LogP contribution in [0.1, 0.15) is 38.5 Å². The number of hydrogen-bond acceptors (Lipinski definition) is 1. The van der Waals surface area contributed by atoms with Gasteiger partial charge >= 0.3 is 0 Å². The minimum Gasteiger partial charge on any atom is -0.324 e. The Hall–Kier alpha value is -0.820. The van der Waals surface area contributed by atoms with E-state index in [1.165, 1.54) is 32.1 Å². The van der Waals surface area contributed by atoms with Crippen LogP contribution in [-0.2, 0) is 0 Å². The molecule has 0 spiro atoms. The van der Waals surface area contributed by atoms with Gasteiger partial charge in [-0.25, -0.2) is 0 Å². The van der Waals surface area contributed by atoms with Crippen LogP contribution >= 0.6 is 0 Å². The molecule has 0 bridgehead atoms. The maximum atomic E-state index is 6.17. The predicted molar refractivity (Wildman–Crippen MR) is 58.9 cm³/mol. The average Bonchev–Trinajstić information content (AvgIpc) is 2.59. The molecular weight excluding hydrogens is 170 g/mol. The van der Waals surface area contributed by atoms with Gasteiger partial charge in [-0.2, -0.15) is 0 Å². The summed E-state index contributed by atoms with van der Waals surface area (Å²) >= 11 is 0. The molecule has 0 saturated heterocycles. The highest BCUT2D eigenvalue weighted by atomic mass is 14.6. The summed E-state index contributed by atoms with van der Waals surface area (Å²) < 4.78 is 0. The first-order valence-electron chi connectivity index (χ1n) is 5.72. The molecular formula is C13H17N. The van der Waals surface area contributed by atoms with Gasteiger partial charge in [0.1, 0.15) is 0 Å². The zero-order valence-corrected chi connectivity index (χ0v) is 8.55. The number of fused-ring (bicyclic) bond motifs is 1. The molecule has 0 aromatic heterocycles. The lowest BCUT2D eigenvalue weighted by Crippen LogP contribution is -2.25. The largest absolute Gasteiger partial charge is 0.324 e. The Kier molecular flexibility index (Phi) is 1.88. The van der Waals surface area contributed by atoms with Gasteiger partial charge in [0.25, 0.3) is 0 Å². The van der Waals surface area contributed by atoms with Crippen molar-refractivity contribution in [3.63, 3.8) is 0 Å². The zero-order chi connectivity index (χ0) is 9.54. The van der Waals surface area contributed by atoms with Crippen LogP contribution in [0, 0.1) is 0 Å². The molecule has 3 rings (SSSR count). The number of hydrogen-bond donors (Lipinski definition) is 1. The molecule has 1 nitrogen and oxygen atoms in total. The van der Waals surface area contributed by atoms with Gasteiger partial charge in [0, 0.05) is 6.04 Å². The van der Waals surface area contributed by atoms with Crippen LogP contribution in [0.4, 0.5) is 0 Å². The zero-order valence-electron chi connectivity index (χ0n) is 8.55. The molecule has 14 heavy (non-hydrogen) atoms. The van der Waals surface area contributed by atoms with Crippen molar-refractivity contribution in [2.75, 3.05) is 0 Å². The van der Waals surface area contributed by atoms with Gasteiger partial charge in [0.05, 0.1) is 0 Å². The minimum absolute atomic E-state index is 0.359. The molecule has 3 aliphatic carbocycles.